The number of carboxylic acid groups (broad SMARTS) is 1. The highest BCUT2D eigenvalue weighted by Crippen LogP contribution is 2.06. The van der Waals surface area contributed by atoms with Crippen LogP contribution in [0.3, 0.4) is 0 Å². The Balaban J connectivity index is 2.65. The highest BCUT2D eigenvalue weighted by molar-refractivity contribution is 5.88. The van der Waals surface area contributed by atoms with Crippen molar-refractivity contribution in [1.29, 1.82) is 0 Å². The van der Waals surface area contributed by atoms with Gasteiger partial charge in [0.25, 0.3) is 0 Å². The molecule has 4 heteroatoms. The molecule has 0 heterocycles. The van der Waals surface area contributed by atoms with E-state index in [-0.39, 0.29) is 23.9 Å². The average Bonchev–Trinajstić information content (AvgIpc) is 2.28. The van der Waals surface area contributed by atoms with Crippen molar-refractivity contribution in [3.63, 3.8) is 0 Å². The van der Waals surface area contributed by atoms with E-state index in [1.807, 2.05) is 13.8 Å². The molecule has 1 aromatic carbocycles. The second-order valence-corrected chi connectivity index (χ2v) is 4.06. The van der Waals surface area contributed by atoms with Crippen molar-refractivity contribution >= 4 is 11.9 Å². The molecule has 1 aromatic rings. The van der Waals surface area contributed by atoms with Gasteiger partial charge in [0.05, 0.1) is 12.0 Å². The molecule has 0 aliphatic heterocycles. The smallest absolute Gasteiger partial charge is 0.335 e. The molecule has 2 N–H and O–H groups in total. The number of carbonyl (C=O) groups excluding carboxylic acids is 1. The Kier molecular flexibility index (Phi) is 4.69. The largest absolute Gasteiger partial charge is 0.478 e. The van der Waals surface area contributed by atoms with Crippen molar-refractivity contribution in [1.82, 2.24) is 5.32 Å². The van der Waals surface area contributed by atoms with Crippen LogP contribution in [-0.2, 0) is 11.2 Å². The van der Waals surface area contributed by atoms with Gasteiger partial charge in [0.2, 0.25) is 5.91 Å². The second-order valence-electron chi connectivity index (χ2n) is 4.06. The third-order valence-electron chi connectivity index (χ3n) is 2.56. The molecule has 1 amide bonds. The van der Waals surface area contributed by atoms with E-state index in [0.717, 1.165) is 6.42 Å². The highest BCUT2D eigenvalue weighted by Gasteiger charge is 2.08. The second kappa shape index (κ2) is 6.03. The molecular formula is C13H17NO3. The Morgan fingerprint density at radius 2 is 2.12 bits per heavy atom. The zero-order valence-electron chi connectivity index (χ0n) is 10.1. The lowest BCUT2D eigenvalue weighted by Crippen LogP contribution is -2.33. The Bertz CT molecular complexity index is 415. The molecule has 0 saturated carbocycles. The number of rotatable bonds is 5. The molecule has 0 aromatic heterocycles. The van der Waals surface area contributed by atoms with Crippen LogP contribution < -0.4 is 5.32 Å². The van der Waals surface area contributed by atoms with Gasteiger partial charge in [-0.25, -0.2) is 4.79 Å². The van der Waals surface area contributed by atoms with Gasteiger partial charge >= 0.3 is 5.97 Å². The maximum atomic E-state index is 11.6. The third kappa shape index (κ3) is 4.26. The zero-order chi connectivity index (χ0) is 12.8. The van der Waals surface area contributed by atoms with Gasteiger partial charge in [-0.2, -0.15) is 0 Å². The van der Waals surface area contributed by atoms with E-state index < -0.39 is 5.97 Å². The fourth-order valence-corrected chi connectivity index (χ4v) is 1.43. The van der Waals surface area contributed by atoms with Crippen molar-refractivity contribution in [2.45, 2.75) is 32.7 Å². The molecule has 1 rings (SSSR count). The van der Waals surface area contributed by atoms with Crippen molar-refractivity contribution in [3.05, 3.63) is 35.4 Å². The average molecular weight is 235 g/mol. The predicted octanol–water partition coefficient (Wildman–Crippen LogP) is 1.84. The van der Waals surface area contributed by atoms with E-state index >= 15 is 0 Å². The van der Waals surface area contributed by atoms with E-state index in [4.69, 9.17) is 5.11 Å². The van der Waals surface area contributed by atoms with Crippen LogP contribution in [-0.4, -0.2) is 23.0 Å². The van der Waals surface area contributed by atoms with Crippen molar-refractivity contribution in [3.8, 4) is 0 Å². The molecule has 4 nitrogen and oxygen atoms in total. The van der Waals surface area contributed by atoms with Crippen LogP contribution in [0.5, 0.6) is 0 Å². The molecular weight excluding hydrogens is 218 g/mol. The summed E-state index contributed by atoms with van der Waals surface area (Å²) < 4.78 is 0. The summed E-state index contributed by atoms with van der Waals surface area (Å²) >= 11 is 0. The Hall–Kier alpha value is -1.84. The molecule has 0 radical (unpaired) electrons. The van der Waals surface area contributed by atoms with Crippen LogP contribution in [0.25, 0.3) is 0 Å². The predicted molar refractivity (Wildman–Crippen MR) is 65.0 cm³/mol. The summed E-state index contributed by atoms with van der Waals surface area (Å²) in [5, 5.41) is 11.7. The van der Waals surface area contributed by atoms with E-state index in [1.165, 1.54) is 12.1 Å². The Labute approximate surface area is 101 Å². The summed E-state index contributed by atoms with van der Waals surface area (Å²) in [6, 6.07) is 6.58. The molecule has 92 valence electrons. The normalized spacial score (nSPS) is 11.9. The summed E-state index contributed by atoms with van der Waals surface area (Å²) in [4.78, 5) is 22.4. The number of carboxylic acids is 1. The molecule has 0 saturated heterocycles. The highest BCUT2D eigenvalue weighted by atomic mass is 16.4. The van der Waals surface area contributed by atoms with Gasteiger partial charge in [-0.15, -0.1) is 0 Å². The van der Waals surface area contributed by atoms with Crippen LogP contribution in [0.2, 0.25) is 0 Å². The van der Waals surface area contributed by atoms with Crippen molar-refractivity contribution < 1.29 is 14.7 Å². The quantitative estimate of drug-likeness (QED) is 0.818. The Morgan fingerprint density at radius 3 is 2.71 bits per heavy atom. The minimum atomic E-state index is -0.978. The first kappa shape index (κ1) is 13.2. The molecule has 0 bridgehead atoms. The number of carbonyl (C=O) groups is 2. The van der Waals surface area contributed by atoms with Gasteiger partial charge in [0.15, 0.2) is 0 Å². The number of hydrogen-bond donors (Lipinski definition) is 2. The topological polar surface area (TPSA) is 66.4 Å². The lowest BCUT2D eigenvalue weighted by Gasteiger charge is -2.11. The molecule has 1 atom stereocenters. The van der Waals surface area contributed by atoms with E-state index in [0.29, 0.717) is 5.56 Å². The maximum Gasteiger partial charge on any atom is 0.335 e. The number of amides is 1. The SMILES string of the molecule is CCC(C)NC(=O)Cc1cccc(C(=O)O)c1. The van der Waals surface area contributed by atoms with Gasteiger partial charge < -0.3 is 10.4 Å². The maximum absolute atomic E-state index is 11.6. The monoisotopic (exact) mass is 235 g/mol. The van der Waals surface area contributed by atoms with Crippen molar-refractivity contribution in [2.24, 2.45) is 0 Å². The lowest BCUT2D eigenvalue weighted by molar-refractivity contribution is -0.121. The fraction of sp³-hybridized carbons (Fsp3) is 0.385. The standard InChI is InChI=1S/C13H17NO3/c1-3-9(2)14-12(15)8-10-5-4-6-11(7-10)13(16)17/h4-7,9H,3,8H2,1-2H3,(H,14,15)(H,16,17). The number of benzene rings is 1. The fourth-order valence-electron chi connectivity index (χ4n) is 1.43. The van der Waals surface area contributed by atoms with Crippen LogP contribution in [0, 0.1) is 0 Å². The van der Waals surface area contributed by atoms with Gasteiger partial charge in [0, 0.05) is 6.04 Å². The van der Waals surface area contributed by atoms with E-state index in [9.17, 15) is 9.59 Å². The van der Waals surface area contributed by atoms with Gasteiger partial charge in [-0.3, -0.25) is 4.79 Å². The lowest BCUT2D eigenvalue weighted by atomic mass is 10.1. The first-order valence-electron chi connectivity index (χ1n) is 5.64. The summed E-state index contributed by atoms with van der Waals surface area (Å²) in [6.45, 7) is 3.93. The van der Waals surface area contributed by atoms with Crippen molar-refractivity contribution in [2.75, 3.05) is 0 Å². The number of aromatic carboxylic acids is 1. The summed E-state index contributed by atoms with van der Waals surface area (Å²) in [5.74, 6) is -1.06. The van der Waals surface area contributed by atoms with Gasteiger partial charge in [-0.1, -0.05) is 19.1 Å². The van der Waals surface area contributed by atoms with Crippen LogP contribution >= 0.6 is 0 Å². The summed E-state index contributed by atoms with van der Waals surface area (Å²) in [7, 11) is 0. The minimum absolute atomic E-state index is 0.0816. The van der Waals surface area contributed by atoms with Crippen LogP contribution in [0.4, 0.5) is 0 Å². The minimum Gasteiger partial charge on any atom is -0.478 e. The molecule has 0 fully saturated rings. The molecule has 17 heavy (non-hydrogen) atoms. The molecule has 0 spiro atoms. The number of hydrogen-bond acceptors (Lipinski definition) is 2. The molecule has 0 aliphatic rings. The zero-order valence-corrected chi connectivity index (χ0v) is 10.1. The van der Waals surface area contributed by atoms with Gasteiger partial charge in [-0.05, 0) is 31.0 Å². The first-order valence-corrected chi connectivity index (χ1v) is 5.64. The molecule has 1 unspecified atom stereocenters. The van der Waals surface area contributed by atoms with Gasteiger partial charge in [0.1, 0.15) is 0 Å². The summed E-state index contributed by atoms with van der Waals surface area (Å²) in [6.07, 6.45) is 1.09. The summed E-state index contributed by atoms with van der Waals surface area (Å²) in [5.41, 5.74) is 0.921. The van der Waals surface area contributed by atoms with E-state index in [2.05, 4.69) is 5.32 Å². The Morgan fingerprint density at radius 1 is 1.41 bits per heavy atom. The first-order chi connectivity index (χ1) is 8.02. The van der Waals surface area contributed by atoms with E-state index in [1.54, 1.807) is 12.1 Å². The number of nitrogens with one attached hydrogen (secondary N) is 1. The van der Waals surface area contributed by atoms with Crippen LogP contribution in [0.1, 0.15) is 36.2 Å². The molecule has 0 aliphatic carbocycles. The van der Waals surface area contributed by atoms with Crippen LogP contribution in [0.15, 0.2) is 24.3 Å². The third-order valence-corrected chi connectivity index (χ3v) is 2.56.